The SMILES string of the molecule is C=CCNc1nc2nonc2nc1NCc1ccccc1. The van der Waals surface area contributed by atoms with E-state index in [1.807, 2.05) is 30.3 Å². The molecule has 0 unspecified atom stereocenters. The summed E-state index contributed by atoms with van der Waals surface area (Å²) in [5.74, 6) is 1.19. The zero-order valence-electron chi connectivity index (χ0n) is 11.3. The maximum absolute atomic E-state index is 4.64. The molecule has 2 N–H and O–H groups in total. The van der Waals surface area contributed by atoms with Crippen molar-refractivity contribution in [2.75, 3.05) is 17.2 Å². The van der Waals surface area contributed by atoms with Gasteiger partial charge in [-0.15, -0.1) is 6.58 Å². The van der Waals surface area contributed by atoms with Gasteiger partial charge in [-0.3, -0.25) is 0 Å². The van der Waals surface area contributed by atoms with Crippen molar-refractivity contribution in [1.29, 1.82) is 0 Å². The summed E-state index contributed by atoms with van der Waals surface area (Å²) in [7, 11) is 0. The molecule has 0 aliphatic rings. The number of hydrogen-bond donors (Lipinski definition) is 2. The van der Waals surface area contributed by atoms with Crippen molar-refractivity contribution in [2.24, 2.45) is 0 Å². The van der Waals surface area contributed by atoms with Crippen LogP contribution in [0.15, 0.2) is 47.6 Å². The molecule has 106 valence electrons. The van der Waals surface area contributed by atoms with Gasteiger partial charge in [0, 0.05) is 13.1 Å². The monoisotopic (exact) mass is 282 g/mol. The minimum atomic E-state index is 0.367. The largest absolute Gasteiger partial charge is 0.363 e. The molecule has 0 fully saturated rings. The van der Waals surface area contributed by atoms with Gasteiger partial charge in [-0.25, -0.2) is 14.6 Å². The fourth-order valence-electron chi connectivity index (χ4n) is 1.83. The van der Waals surface area contributed by atoms with E-state index in [4.69, 9.17) is 0 Å². The van der Waals surface area contributed by atoms with Gasteiger partial charge in [0.25, 0.3) is 0 Å². The molecule has 0 spiro atoms. The molecule has 0 aliphatic heterocycles. The van der Waals surface area contributed by atoms with E-state index in [1.165, 1.54) is 0 Å². The first-order chi connectivity index (χ1) is 10.4. The van der Waals surface area contributed by atoms with E-state index in [0.717, 1.165) is 5.56 Å². The number of rotatable bonds is 6. The van der Waals surface area contributed by atoms with E-state index in [1.54, 1.807) is 6.08 Å². The Morgan fingerprint density at radius 3 is 2.33 bits per heavy atom. The molecule has 21 heavy (non-hydrogen) atoms. The molecule has 0 bridgehead atoms. The summed E-state index contributed by atoms with van der Waals surface area (Å²) in [5.41, 5.74) is 1.88. The summed E-state index contributed by atoms with van der Waals surface area (Å²) in [5, 5.41) is 13.8. The predicted octanol–water partition coefficient (Wildman–Crippen LogP) is 2.22. The third kappa shape index (κ3) is 2.97. The summed E-state index contributed by atoms with van der Waals surface area (Å²) >= 11 is 0. The highest BCUT2D eigenvalue weighted by atomic mass is 16.6. The Morgan fingerprint density at radius 1 is 1.00 bits per heavy atom. The summed E-state index contributed by atoms with van der Waals surface area (Å²) in [6.07, 6.45) is 1.74. The van der Waals surface area contributed by atoms with Crippen LogP contribution in [0.1, 0.15) is 5.56 Å². The molecule has 2 aromatic heterocycles. The van der Waals surface area contributed by atoms with Gasteiger partial charge >= 0.3 is 0 Å². The number of aromatic nitrogens is 4. The second-order valence-corrected chi connectivity index (χ2v) is 4.34. The fraction of sp³-hybridized carbons (Fsp3) is 0.143. The highest BCUT2D eigenvalue weighted by Gasteiger charge is 2.11. The molecule has 0 radical (unpaired) electrons. The summed E-state index contributed by atoms with van der Waals surface area (Å²) < 4.78 is 4.64. The van der Waals surface area contributed by atoms with Crippen LogP contribution in [0.2, 0.25) is 0 Å². The number of nitrogens with one attached hydrogen (secondary N) is 2. The van der Waals surface area contributed by atoms with Crippen molar-refractivity contribution in [3.8, 4) is 0 Å². The Labute approximate surface area is 121 Å². The molecule has 7 nitrogen and oxygen atoms in total. The quantitative estimate of drug-likeness (QED) is 0.670. The van der Waals surface area contributed by atoms with Crippen LogP contribution in [0, 0.1) is 0 Å². The molecular weight excluding hydrogens is 268 g/mol. The van der Waals surface area contributed by atoms with E-state index < -0.39 is 0 Å². The molecule has 0 aliphatic carbocycles. The first-order valence-electron chi connectivity index (χ1n) is 6.49. The molecule has 1 aromatic carbocycles. The maximum Gasteiger partial charge on any atom is 0.245 e. The summed E-state index contributed by atoms with van der Waals surface area (Å²) in [6, 6.07) is 10.0. The van der Waals surface area contributed by atoms with E-state index >= 15 is 0 Å². The van der Waals surface area contributed by atoms with E-state index in [9.17, 15) is 0 Å². The summed E-state index contributed by atoms with van der Waals surface area (Å²) in [4.78, 5) is 8.70. The van der Waals surface area contributed by atoms with Crippen LogP contribution in [0.5, 0.6) is 0 Å². The van der Waals surface area contributed by atoms with Crippen molar-refractivity contribution >= 4 is 22.9 Å². The van der Waals surface area contributed by atoms with Crippen molar-refractivity contribution in [1.82, 2.24) is 20.3 Å². The number of nitrogens with zero attached hydrogens (tertiary/aromatic N) is 4. The Kier molecular flexibility index (Phi) is 3.72. The van der Waals surface area contributed by atoms with Gasteiger partial charge in [0.1, 0.15) is 0 Å². The smallest absolute Gasteiger partial charge is 0.245 e. The van der Waals surface area contributed by atoms with Crippen molar-refractivity contribution < 1.29 is 4.63 Å². The topological polar surface area (TPSA) is 88.8 Å². The van der Waals surface area contributed by atoms with Crippen molar-refractivity contribution in [3.05, 3.63) is 48.6 Å². The lowest BCUT2D eigenvalue weighted by molar-refractivity contribution is 0.314. The van der Waals surface area contributed by atoms with E-state index in [2.05, 4.69) is 42.1 Å². The lowest BCUT2D eigenvalue weighted by Crippen LogP contribution is -2.09. The lowest BCUT2D eigenvalue weighted by Gasteiger charge is -2.10. The highest BCUT2D eigenvalue weighted by Crippen LogP contribution is 2.20. The van der Waals surface area contributed by atoms with Gasteiger partial charge in [0.05, 0.1) is 0 Å². The molecule has 0 saturated heterocycles. The van der Waals surface area contributed by atoms with Crippen LogP contribution >= 0.6 is 0 Å². The van der Waals surface area contributed by atoms with Crippen LogP contribution in [0.3, 0.4) is 0 Å². The molecule has 3 aromatic rings. The van der Waals surface area contributed by atoms with Crippen molar-refractivity contribution in [2.45, 2.75) is 6.54 Å². The predicted molar refractivity (Wildman–Crippen MR) is 79.8 cm³/mol. The standard InChI is InChI=1S/C14H14N6O/c1-2-8-15-11-12(16-9-10-6-4-3-5-7-10)18-14-13(17-11)19-21-20-14/h2-7H,1,8-9H2,(H,15,17,19)(H,16,18,20). The molecule has 2 heterocycles. The van der Waals surface area contributed by atoms with Crippen LogP contribution in [-0.4, -0.2) is 26.8 Å². The molecule has 0 amide bonds. The van der Waals surface area contributed by atoms with Crippen LogP contribution in [0.4, 0.5) is 11.6 Å². The second kappa shape index (κ2) is 6.00. The molecular formula is C14H14N6O. The first-order valence-corrected chi connectivity index (χ1v) is 6.49. The fourth-order valence-corrected chi connectivity index (χ4v) is 1.83. The molecule has 0 atom stereocenters. The van der Waals surface area contributed by atoms with Crippen LogP contribution in [0.25, 0.3) is 11.3 Å². The lowest BCUT2D eigenvalue weighted by atomic mass is 10.2. The van der Waals surface area contributed by atoms with Gasteiger partial charge in [0.15, 0.2) is 11.6 Å². The normalized spacial score (nSPS) is 10.5. The molecule has 0 saturated carbocycles. The minimum absolute atomic E-state index is 0.367. The van der Waals surface area contributed by atoms with Gasteiger partial charge in [-0.1, -0.05) is 36.4 Å². The average Bonchev–Trinajstić information content (AvgIpc) is 2.98. The maximum atomic E-state index is 4.64. The Morgan fingerprint density at radius 2 is 1.67 bits per heavy atom. The Hall–Kier alpha value is -2.96. The van der Waals surface area contributed by atoms with Gasteiger partial charge in [-0.2, -0.15) is 0 Å². The third-order valence-electron chi connectivity index (χ3n) is 2.83. The number of hydrogen-bond acceptors (Lipinski definition) is 7. The van der Waals surface area contributed by atoms with E-state index in [-0.39, 0.29) is 0 Å². The van der Waals surface area contributed by atoms with Crippen LogP contribution in [-0.2, 0) is 6.54 Å². The first kappa shape index (κ1) is 13.0. The number of anilines is 2. The molecule has 7 heteroatoms. The highest BCUT2D eigenvalue weighted by molar-refractivity contribution is 5.73. The van der Waals surface area contributed by atoms with Crippen molar-refractivity contribution in [3.63, 3.8) is 0 Å². The van der Waals surface area contributed by atoms with Gasteiger partial charge < -0.3 is 10.6 Å². The second-order valence-electron chi connectivity index (χ2n) is 4.34. The zero-order chi connectivity index (χ0) is 14.5. The van der Waals surface area contributed by atoms with Gasteiger partial charge in [0.2, 0.25) is 11.3 Å². The Bertz CT molecular complexity index is 740. The van der Waals surface area contributed by atoms with E-state index in [0.29, 0.717) is 36.0 Å². The third-order valence-corrected chi connectivity index (χ3v) is 2.83. The molecule has 3 rings (SSSR count). The summed E-state index contributed by atoms with van der Waals surface area (Å²) in [6.45, 7) is 4.88. The van der Waals surface area contributed by atoms with Crippen LogP contribution < -0.4 is 10.6 Å². The minimum Gasteiger partial charge on any atom is -0.363 e. The van der Waals surface area contributed by atoms with Gasteiger partial charge in [-0.05, 0) is 15.9 Å². The Balaban J connectivity index is 1.85. The zero-order valence-corrected chi connectivity index (χ0v) is 11.3. The number of fused-ring (bicyclic) bond motifs is 1. The number of benzene rings is 1. The average molecular weight is 282 g/mol.